The zero-order valence-electron chi connectivity index (χ0n) is 11.6. The smallest absolute Gasteiger partial charge is 0.200 e. The van der Waals surface area contributed by atoms with Crippen LogP contribution < -0.4 is 0 Å². The van der Waals surface area contributed by atoms with Crippen LogP contribution in [0.15, 0.2) is 0 Å². The molecule has 0 nitrogen and oxygen atoms in total. The SMILES string of the molecule is CCCCCC[C@@H](I)CC(F)(F)C(F)(F)C(F)(F)C(F)(F)Cl. The predicted octanol–water partition coefficient (Wildman–Crippen LogP) is 6.89. The molecule has 0 fully saturated rings. The summed E-state index contributed by atoms with van der Waals surface area (Å²) < 4.78 is 103. The normalized spacial score (nSPS) is 16.0. The van der Waals surface area contributed by atoms with E-state index in [9.17, 15) is 35.1 Å². The van der Waals surface area contributed by atoms with Gasteiger partial charge in [0.15, 0.2) is 0 Å². The van der Waals surface area contributed by atoms with Crippen LogP contribution in [0.3, 0.4) is 0 Å². The van der Waals surface area contributed by atoms with Crippen LogP contribution in [0.4, 0.5) is 35.1 Å². The lowest BCUT2D eigenvalue weighted by molar-refractivity contribution is -0.348. The van der Waals surface area contributed by atoms with Gasteiger partial charge in [-0.05, 0) is 18.0 Å². The summed E-state index contributed by atoms with van der Waals surface area (Å²) in [5.74, 6) is -17.9. The second-order valence-electron chi connectivity index (χ2n) is 5.00. The van der Waals surface area contributed by atoms with Gasteiger partial charge in [-0.25, -0.2) is 0 Å². The fourth-order valence-corrected chi connectivity index (χ4v) is 2.82. The van der Waals surface area contributed by atoms with E-state index in [0.717, 1.165) is 12.8 Å². The highest BCUT2D eigenvalue weighted by Crippen LogP contribution is 2.55. The minimum absolute atomic E-state index is 0.106. The molecule has 0 saturated heterocycles. The Labute approximate surface area is 142 Å². The lowest BCUT2D eigenvalue weighted by Gasteiger charge is -2.35. The van der Waals surface area contributed by atoms with Gasteiger partial charge in [0, 0.05) is 10.3 Å². The van der Waals surface area contributed by atoms with Gasteiger partial charge in [0.25, 0.3) is 0 Å². The largest absolute Gasteiger partial charge is 0.392 e. The first-order chi connectivity index (χ1) is 9.70. The van der Waals surface area contributed by atoms with Gasteiger partial charge in [-0.1, -0.05) is 55.2 Å². The van der Waals surface area contributed by atoms with Crippen molar-refractivity contribution in [2.45, 2.75) is 72.5 Å². The topological polar surface area (TPSA) is 0 Å². The Hall–Kier alpha value is 0.460. The zero-order chi connectivity index (χ0) is 17.8. The van der Waals surface area contributed by atoms with Crippen LogP contribution in [0, 0.1) is 0 Å². The molecular formula is C12H16ClF8I. The number of rotatable bonds is 10. The molecular weight excluding hydrogens is 458 g/mol. The Morgan fingerprint density at radius 2 is 1.36 bits per heavy atom. The van der Waals surface area contributed by atoms with E-state index in [1.807, 2.05) is 6.92 Å². The Balaban J connectivity index is 4.90. The van der Waals surface area contributed by atoms with Crippen LogP contribution in [0.25, 0.3) is 0 Å². The highest BCUT2D eigenvalue weighted by atomic mass is 127. The van der Waals surface area contributed by atoms with E-state index in [-0.39, 0.29) is 6.42 Å². The first-order valence-electron chi connectivity index (χ1n) is 6.55. The molecule has 0 aliphatic carbocycles. The number of alkyl halides is 10. The van der Waals surface area contributed by atoms with Gasteiger partial charge in [0.05, 0.1) is 0 Å². The molecule has 0 radical (unpaired) electrons. The molecule has 0 saturated carbocycles. The molecule has 0 N–H and O–H groups in total. The summed E-state index contributed by atoms with van der Waals surface area (Å²) in [6.07, 6.45) is 1.33. The lowest BCUT2D eigenvalue weighted by atomic mass is 9.98. The summed E-state index contributed by atoms with van der Waals surface area (Å²) in [5, 5.41) is -5.78. The molecule has 0 aromatic heterocycles. The monoisotopic (exact) mass is 474 g/mol. The van der Waals surface area contributed by atoms with Gasteiger partial charge >= 0.3 is 23.1 Å². The second-order valence-corrected chi connectivity index (χ2v) is 7.24. The van der Waals surface area contributed by atoms with Crippen molar-refractivity contribution in [1.82, 2.24) is 0 Å². The van der Waals surface area contributed by atoms with Crippen LogP contribution in [0.5, 0.6) is 0 Å². The first kappa shape index (κ1) is 22.5. The van der Waals surface area contributed by atoms with E-state index in [2.05, 4.69) is 11.6 Å². The summed E-state index contributed by atoms with van der Waals surface area (Å²) in [7, 11) is 0. The molecule has 0 rings (SSSR count). The minimum atomic E-state index is -6.36. The fraction of sp³-hybridized carbons (Fsp3) is 1.00. The standard InChI is InChI=1S/C12H16ClF8I/c1-2-3-4-5-6-8(22)7-9(14,15)10(16,17)11(18,19)12(13,20)21/h8H,2-7H2,1H3/t8-/m1/s1. The van der Waals surface area contributed by atoms with Crippen LogP contribution >= 0.6 is 34.2 Å². The van der Waals surface area contributed by atoms with Crippen molar-refractivity contribution in [2.24, 2.45) is 0 Å². The average Bonchev–Trinajstić information content (AvgIpc) is 2.32. The average molecular weight is 475 g/mol. The number of halogens is 10. The van der Waals surface area contributed by atoms with E-state index in [4.69, 9.17) is 0 Å². The summed E-state index contributed by atoms with van der Waals surface area (Å²) in [5.41, 5.74) is 0. The summed E-state index contributed by atoms with van der Waals surface area (Å²) in [6, 6.07) is 0. The summed E-state index contributed by atoms with van der Waals surface area (Å²) in [4.78, 5) is 0. The third-order valence-electron chi connectivity index (χ3n) is 3.06. The zero-order valence-corrected chi connectivity index (χ0v) is 14.5. The third-order valence-corrected chi connectivity index (χ3v) is 4.36. The molecule has 0 aromatic carbocycles. The Morgan fingerprint density at radius 1 is 0.864 bits per heavy atom. The summed E-state index contributed by atoms with van der Waals surface area (Å²) >= 11 is 5.30. The first-order valence-corrected chi connectivity index (χ1v) is 8.17. The van der Waals surface area contributed by atoms with Crippen molar-refractivity contribution in [2.75, 3.05) is 0 Å². The fourth-order valence-electron chi connectivity index (χ4n) is 1.71. The lowest BCUT2D eigenvalue weighted by Crippen LogP contribution is -2.60. The maximum atomic E-state index is 13.4. The van der Waals surface area contributed by atoms with Crippen LogP contribution in [0.1, 0.15) is 45.4 Å². The molecule has 0 amide bonds. The maximum absolute atomic E-state index is 13.4. The molecule has 0 unspecified atom stereocenters. The van der Waals surface area contributed by atoms with Crippen molar-refractivity contribution >= 4 is 34.2 Å². The molecule has 0 aliphatic heterocycles. The van der Waals surface area contributed by atoms with Crippen molar-refractivity contribution in [3.63, 3.8) is 0 Å². The van der Waals surface area contributed by atoms with Crippen molar-refractivity contribution in [3.8, 4) is 0 Å². The number of hydrogen-bond donors (Lipinski definition) is 0. The molecule has 0 bridgehead atoms. The number of hydrogen-bond acceptors (Lipinski definition) is 0. The molecule has 0 heterocycles. The van der Waals surface area contributed by atoms with Crippen LogP contribution in [0.2, 0.25) is 0 Å². The van der Waals surface area contributed by atoms with Crippen molar-refractivity contribution < 1.29 is 35.1 Å². The van der Waals surface area contributed by atoms with E-state index in [1.54, 1.807) is 0 Å². The molecule has 10 heteroatoms. The molecule has 134 valence electrons. The van der Waals surface area contributed by atoms with E-state index >= 15 is 0 Å². The highest BCUT2D eigenvalue weighted by molar-refractivity contribution is 14.1. The minimum Gasteiger partial charge on any atom is -0.200 e. The Bertz CT molecular complexity index is 343. The van der Waals surface area contributed by atoms with Gasteiger partial charge in [-0.15, -0.1) is 0 Å². The van der Waals surface area contributed by atoms with Crippen molar-refractivity contribution in [1.29, 1.82) is 0 Å². The molecule has 0 spiro atoms. The Kier molecular flexibility index (Phi) is 8.19. The molecule has 22 heavy (non-hydrogen) atoms. The number of unbranched alkanes of at least 4 members (excludes halogenated alkanes) is 3. The molecule has 0 aromatic rings. The van der Waals surface area contributed by atoms with Crippen molar-refractivity contribution in [3.05, 3.63) is 0 Å². The Morgan fingerprint density at radius 3 is 1.77 bits per heavy atom. The molecule has 1 atom stereocenters. The summed E-state index contributed by atoms with van der Waals surface area (Å²) in [6.45, 7) is 1.91. The van der Waals surface area contributed by atoms with Crippen LogP contribution in [-0.4, -0.2) is 27.1 Å². The predicted molar refractivity (Wildman–Crippen MR) is 76.8 cm³/mol. The van der Waals surface area contributed by atoms with Gasteiger partial charge < -0.3 is 0 Å². The highest BCUT2D eigenvalue weighted by Gasteiger charge is 2.80. The van der Waals surface area contributed by atoms with Gasteiger partial charge in [-0.2, -0.15) is 35.1 Å². The quantitative estimate of drug-likeness (QED) is 0.140. The van der Waals surface area contributed by atoms with E-state index in [1.165, 1.54) is 22.6 Å². The van der Waals surface area contributed by atoms with Gasteiger partial charge in [0.1, 0.15) is 0 Å². The van der Waals surface area contributed by atoms with E-state index in [0.29, 0.717) is 12.8 Å². The maximum Gasteiger partial charge on any atom is 0.392 e. The van der Waals surface area contributed by atoms with Gasteiger partial charge in [-0.3, -0.25) is 0 Å². The molecule has 0 aliphatic rings. The third kappa shape index (κ3) is 5.24. The van der Waals surface area contributed by atoms with Crippen LogP contribution in [-0.2, 0) is 0 Å². The van der Waals surface area contributed by atoms with E-state index < -0.39 is 33.5 Å². The second kappa shape index (κ2) is 8.02. The van der Waals surface area contributed by atoms with Gasteiger partial charge in [0.2, 0.25) is 0 Å².